The van der Waals surface area contributed by atoms with Crippen LogP contribution in [0, 0.1) is 0 Å². The Morgan fingerprint density at radius 3 is 1.27 bits per heavy atom. The van der Waals surface area contributed by atoms with Gasteiger partial charge in [0, 0.05) is 44.3 Å². The van der Waals surface area contributed by atoms with Crippen LogP contribution in [0.1, 0.15) is 0 Å². The largest absolute Gasteiger partial charge is 0.456 e. The van der Waals surface area contributed by atoms with Gasteiger partial charge in [-0.1, -0.05) is 182 Å². The summed E-state index contributed by atoms with van der Waals surface area (Å²) in [4.78, 5) is 2.37. The normalized spacial score (nSPS) is 11.8. The molecule has 0 aliphatic carbocycles. The average molecular weight is 835 g/mol. The van der Waals surface area contributed by atoms with Gasteiger partial charge in [0.2, 0.25) is 0 Å². The van der Waals surface area contributed by atoms with Crippen molar-refractivity contribution in [2.45, 2.75) is 0 Å². The highest BCUT2D eigenvalue weighted by Crippen LogP contribution is 2.40. The molecule has 0 radical (unpaired) electrons. The fourth-order valence-electron chi connectivity index (χ4n) is 10.0. The zero-order valence-corrected chi connectivity index (χ0v) is 36.1. The number of hydrogen-bond acceptors (Lipinski definition) is 2. The molecule has 4 heteroatoms. The van der Waals surface area contributed by atoms with Crippen LogP contribution in [0.5, 0.6) is 0 Å². The Kier molecular flexibility index (Phi) is 9.17. The Morgan fingerprint density at radius 2 is 0.719 bits per heavy atom. The molecule has 302 valence electrons. The minimum atomic E-state index is -2.70. The third-order valence-corrected chi connectivity index (χ3v) is 17.8. The van der Waals surface area contributed by atoms with Crippen molar-refractivity contribution >= 4 is 89.6 Å². The minimum Gasteiger partial charge on any atom is -0.456 e. The van der Waals surface area contributed by atoms with E-state index in [-0.39, 0.29) is 0 Å². The SMILES string of the molecule is c1ccc([Si](c2ccccc2)(c2ccccc2)c2ccc(N(c3ccc(-c4ccc(-n5c6ccccc6c6ccccc65)cc4)cc3)c3ccc4oc5ccccc5c4c3)cc2)cc1. The summed E-state index contributed by atoms with van der Waals surface area (Å²) >= 11 is 0. The van der Waals surface area contributed by atoms with E-state index in [1.807, 2.05) is 12.1 Å². The zero-order valence-electron chi connectivity index (χ0n) is 35.1. The van der Waals surface area contributed by atoms with Gasteiger partial charge in [-0.05, 0) is 105 Å². The molecule has 12 aromatic rings. The van der Waals surface area contributed by atoms with Crippen molar-refractivity contribution < 1.29 is 4.42 Å². The number of rotatable bonds is 9. The summed E-state index contributed by atoms with van der Waals surface area (Å²) in [6.07, 6.45) is 0. The molecule has 0 fully saturated rings. The maximum absolute atomic E-state index is 6.30. The molecule has 64 heavy (non-hydrogen) atoms. The second-order valence-electron chi connectivity index (χ2n) is 16.5. The van der Waals surface area contributed by atoms with Gasteiger partial charge in [-0.25, -0.2) is 0 Å². The molecule has 0 atom stereocenters. The van der Waals surface area contributed by atoms with Crippen molar-refractivity contribution in [1.29, 1.82) is 0 Å². The molecule has 2 aromatic heterocycles. The highest BCUT2D eigenvalue weighted by molar-refractivity contribution is 7.19. The molecule has 0 spiro atoms. The molecule has 0 saturated carbocycles. The first kappa shape index (κ1) is 37.6. The van der Waals surface area contributed by atoms with Crippen LogP contribution in [-0.4, -0.2) is 12.6 Å². The molecule has 0 aliphatic heterocycles. The molecule has 0 saturated heterocycles. The predicted octanol–water partition coefficient (Wildman–Crippen LogP) is 13.2. The summed E-state index contributed by atoms with van der Waals surface area (Å²) in [6.45, 7) is 0. The van der Waals surface area contributed by atoms with E-state index >= 15 is 0 Å². The molecule has 10 aromatic carbocycles. The molecule has 12 rings (SSSR count). The molecule has 0 aliphatic rings. The molecular formula is C60H42N2OSi. The number of anilines is 3. The highest BCUT2D eigenvalue weighted by atomic mass is 28.3. The van der Waals surface area contributed by atoms with Crippen molar-refractivity contribution in [1.82, 2.24) is 4.57 Å². The van der Waals surface area contributed by atoms with Crippen LogP contribution in [-0.2, 0) is 0 Å². The zero-order chi connectivity index (χ0) is 42.5. The topological polar surface area (TPSA) is 21.3 Å². The molecule has 0 amide bonds. The second-order valence-corrected chi connectivity index (χ2v) is 20.3. The third-order valence-electron chi connectivity index (χ3n) is 13.0. The predicted molar refractivity (Wildman–Crippen MR) is 272 cm³/mol. The van der Waals surface area contributed by atoms with E-state index in [4.69, 9.17) is 4.42 Å². The molecular weight excluding hydrogens is 793 g/mol. The summed E-state index contributed by atoms with van der Waals surface area (Å²) in [7, 11) is -2.70. The van der Waals surface area contributed by atoms with E-state index in [9.17, 15) is 0 Å². The van der Waals surface area contributed by atoms with Gasteiger partial charge in [-0.3, -0.25) is 0 Å². The first-order valence-corrected chi connectivity index (χ1v) is 23.9. The van der Waals surface area contributed by atoms with Crippen LogP contribution in [0.25, 0.3) is 60.6 Å². The summed E-state index contributed by atoms with van der Waals surface area (Å²) in [5, 5.41) is 10.1. The standard InChI is InChI=1S/C60H42N2OSi/c1-4-16-49(17-5-1)64(50-18-6-2-7-19-50,51-20-8-3-9-21-51)52-39-36-46(37-40-52)61(48-38-41-60-56(42-48)55-24-12-15-27-59(55)63-60)45-32-28-43(29-33-45)44-30-34-47(35-31-44)62-57-25-13-10-22-53(57)54-23-11-14-26-58(54)62/h1-42H. The first-order chi connectivity index (χ1) is 31.7. The maximum Gasteiger partial charge on any atom is 0.179 e. The van der Waals surface area contributed by atoms with Crippen LogP contribution in [0.4, 0.5) is 17.1 Å². The molecule has 2 heterocycles. The monoisotopic (exact) mass is 834 g/mol. The van der Waals surface area contributed by atoms with Crippen LogP contribution in [0.15, 0.2) is 259 Å². The summed E-state index contributed by atoms with van der Waals surface area (Å²) in [6, 6.07) is 92.8. The van der Waals surface area contributed by atoms with Crippen molar-refractivity contribution in [2.24, 2.45) is 0 Å². The fraction of sp³-hybridized carbons (Fsp3) is 0. The van der Waals surface area contributed by atoms with E-state index in [1.54, 1.807) is 0 Å². The molecule has 3 nitrogen and oxygen atoms in total. The number of aromatic nitrogens is 1. The fourth-order valence-corrected chi connectivity index (χ4v) is 14.8. The van der Waals surface area contributed by atoms with Gasteiger partial charge in [0.15, 0.2) is 8.07 Å². The van der Waals surface area contributed by atoms with Crippen molar-refractivity contribution in [3.63, 3.8) is 0 Å². The molecule has 0 N–H and O–H groups in total. The Bertz CT molecular complexity index is 3430. The Labute approximate surface area is 373 Å². The Balaban J connectivity index is 0.965. The van der Waals surface area contributed by atoms with Crippen LogP contribution < -0.4 is 25.6 Å². The lowest BCUT2D eigenvalue weighted by atomic mass is 10.0. The van der Waals surface area contributed by atoms with Crippen LogP contribution in [0.2, 0.25) is 0 Å². The third kappa shape index (κ3) is 6.18. The maximum atomic E-state index is 6.30. The van der Waals surface area contributed by atoms with Crippen molar-refractivity contribution in [3.8, 4) is 16.8 Å². The smallest absolute Gasteiger partial charge is 0.179 e. The lowest BCUT2D eigenvalue weighted by Crippen LogP contribution is -2.74. The number of para-hydroxylation sites is 3. The van der Waals surface area contributed by atoms with Crippen molar-refractivity contribution in [3.05, 3.63) is 255 Å². The van der Waals surface area contributed by atoms with Gasteiger partial charge in [0.25, 0.3) is 0 Å². The van der Waals surface area contributed by atoms with Crippen LogP contribution >= 0.6 is 0 Å². The van der Waals surface area contributed by atoms with Gasteiger partial charge < -0.3 is 13.9 Å². The lowest BCUT2D eigenvalue weighted by molar-refractivity contribution is 0.669. The first-order valence-electron chi connectivity index (χ1n) is 21.9. The van der Waals surface area contributed by atoms with Gasteiger partial charge >= 0.3 is 0 Å². The highest BCUT2D eigenvalue weighted by Gasteiger charge is 2.41. The van der Waals surface area contributed by atoms with E-state index in [1.165, 1.54) is 48.1 Å². The number of fused-ring (bicyclic) bond motifs is 6. The average Bonchev–Trinajstić information content (AvgIpc) is 3.92. The second kappa shape index (κ2) is 15.6. The Hall–Kier alpha value is -8.18. The van der Waals surface area contributed by atoms with E-state index in [2.05, 4.69) is 252 Å². The molecule has 0 bridgehead atoms. The van der Waals surface area contributed by atoms with Gasteiger partial charge in [0.05, 0.1) is 11.0 Å². The van der Waals surface area contributed by atoms with Crippen LogP contribution in [0.3, 0.4) is 0 Å². The Morgan fingerprint density at radius 1 is 0.312 bits per heavy atom. The summed E-state index contributed by atoms with van der Waals surface area (Å²) < 4.78 is 8.67. The van der Waals surface area contributed by atoms with Gasteiger partial charge in [-0.2, -0.15) is 0 Å². The van der Waals surface area contributed by atoms with E-state index in [0.29, 0.717) is 0 Å². The number of benzene rings is 10. The number of furan rings is 1. The van der Waals surface area contributed by atoms with Gasteiger partial charge in [0.1, 0.15) is 11.2 Å². The summed E-state index contributed by atoms with van der Waals surface area (Å²) in [5.41, 5.74) is 10.9. The number of hydrogen-bond donors (Lipinski definition) is 0. The quantitative estimate of drug-likeness (QED) is 0.107. The van der Waals surface area contributed by atoms with Gasteiger partial charge in [-0.15, -0.1) is 0 Å². The van der Waals surface area contributed by atoms with Crippen molar-refractivity contribution in [2.75, 3.05) is 4.90 Å². The minimum absolute atomic E-state index is 0.879. The molecule has 0 unspecified atom stereocenters. The van der Waals surface area contributed by atoms with E-state index < -0.39 is 8.07 Å². The lowest BCUT2D eigenvalue weighted by Gasteiger charge is -2.35. The van der Waals surface area contributed by atoms with E-state index in [0.717, 1.165) is 50.3 Å². The number of nitrogens with zero attached hydrogens (tertiary/aromatic N) is 2. The summed E-state index contributed by atoms with van der Waals surface area (Å²) in [5.74, 6) is 0.